The molecule has 0 saturated heterocycles. The minimum absolute atomic E-state index is 0.556. The van der Waals surface area contributed by atoms with Gasteiger partial charge in [0.2, 0.25) is 0 Å². The number of benzene rings is 1. The van der Waals surface area contributed by atoms with Gasteiger partial charge in [0, 0.05) is 0 Å². The Morgan fingerprint density at radius 3 is 2.53 bits per heavy atom. The smallest absolute Gasteiger partial charge is 0.309 e. The lowest BCUT2D eigenvalue weighted by Gasteiger charge is -2.33. The lowest BCUT2D eigenvalue weighted by Crippen LogP contribution is -2.35. The second-order valence-corrected chi connectivity index (χ2v) is 5.63. The molecule has 1 aliphatic carbocycles. The molecule has 3 nitrogen and oxygen atoms in total. The van der Waals surface area contributed by atoms with E-state index in [1.54, 1.807) is 7.11 Å². The van der Waals surface area contributed by atoms with Gasteiger partial charge in [-0.2, -0.15) is 0 Å². The van der Waals surface area contributed by atoms with E-state index in [1.807, 2.05) is 19.1 Å². The number of hydrogen-bond donors (Lipinski definition) is 1. The molecule has 1 aromatic carbocycles. The Morgan fingerprint density at radius 1 is 1.32 bits per heavy atom. The van der Waals surface area contributed by atoms with Crippen molar-refractivity contribution in [3.63, 3.8) is 0 Å². The highest BCUT2D eigenvalue weighted by Crippen LogP contribution is 2.40. The van der Waals surface area contributed by atoms with Crippen molar-refractivity contribution in [2.75, 3.05) is 7.11 Å². The molecule has 1 aliphatic rings. The van der Waals surface area contributed by atoms with Gasteiger partial charge in [-0.25, -0.2) is 0 Å². The van der Waals surface area contributed by atoms with Crippen LogP contribution in [0.2, 0.25) is 0 Å². The van der Waals surface area contributed by atoms with Crippen molar-refractivity contribution in [3.8, 4) is 5.75 Å². The minimum atomic E-state index is -0.638. The molecule has 0 spiro atoms. The van der Waals surface area contributed by atoms with E-state index in [0.717, 1.165) is 49.0 Å². The maximum atomic E-state index is 11.7. The number of rotatable bonds is 4. The first kappa shape index (κ1) is 13.9. The van der Waals surface area contributed by atoms with Gasteiger partial charge in [0.15, 0.2) is 0 Å². The van der Waals surface area contributed by atoms with Crippen molar-refractivity contribution < 1.29 is 14.6 Å². The van der Waals surface area contributed by atoms with Crippen molar-refractivity contribution >= 4 is 5.97 Å². The average molecular weight is 262 g/mol. The highest BCUT2D eigenvalue weighted by atomic mass is 16.5. The molecule has 3 heteroatoms. The first-order chi connectivity index (χ1) is 9.07. The number of carboxylic acids is 1. The van der Waals surface area contributed by atoms with Crippen LogP contribution in [-0.2, 0) is 11.2 Å². The van der Waals surface area contributed by atoms with Gasteiger partial charge in [-0.3, -0.25) is 4.79 Å². The minimum Gasteiger partial charge on any atom is -0.496 e. The maximum Gasteiger partial charge on any atom is 0.309 e. The molecule has 0 unspecified atom stereocenters. The normalized spacial score (nSPS) is 18.0. The van der Waals surface area contributed by atoms with Crippen LogP contribution in [-0.4, -0.2) is 18.2 Å². The molecule has 0 atom stereocenters. The first-order valence-electron chi connectivity index (χ1n) is 6.94. The van der Waals surface area contributed by atoms with Crippen molar-refractivity contribution in [3.05, 3.63) is 29.3 Å². The van der Waals surface area contributed by atoms with Crippen molar-refractivity contribution in [2.24, 2.45) is 5.41 Å². The predicted octanol–water partition coefficient (Wildman–Crippen LogP) is 3.58. The Hall–Kier alpha value is -1.51. The quantitative estimate of drug-likeness (QED) is 0.902. The van der Waals surface area contributed by atoms with Gasteiger partial charge in [-0.1, -0.05) is 31.4 Å². The SMILES string of the molecule is COc1ccc(CC2(C(=O)O)CCCCC2)cc1C. The fourth-order valence-corrected chi connectivity index (χ4v) is 3.14. The standard InChI is InChI=1S/C16H22O3/c1-12-10-13(6-7-14(12)19-2)11-16(15(17)18)8-4-3-5-9-16/h6-7,10H,3-5,8-9,11H2,1-2H3,(H,17,18). The van der Waals surface area contributed by atoms with E-state index >= 15 is 0 Å². The van der Waals surface area contributed by atoms with Gasteiger partial charge in [0.1, 0.15) is 5.75 Å². The summed E-state index contributed by atoms with van der Waals surface area (Å²) in [6, 6.07) is 5.98. The van der Waals surface area contributed by atoms with Crippen molar-refractivity contribution in [2.45, 2.75) is 45.4 Å². The number of aliphatic carboxylic acids is 1. The highest BCUT2D eigenvalue weighted by molar-refractivity contribution is 5.75. The number of aryl methyl sites for hydroxylation is 1. The molecule has 2 rings (SSSR count). The molecule has 0 aliphatic heterocycles. The second kappa shape index (κ2) is 5.64. The summed E-state index contributed by atoms with van der Waals surface area (Å²) in [6.07, 6.45) is 5.45. The van der Waals surface area contributed by atoms with E-state index in [-0.39, 0.29) is 0 Å². The Morgan fingerprint density at radius 2 is 2.00 bits per heavy atom. The fourth-order valence-electron chi connectivity index (χ4n) is 3.14. The summed E-state index contributed by atoms with van der Waals surface area (Å²) in [6.45, 7) is 2.00. The third kappa shape index (κ3) is 2.91. The van der Waals surface area contributed by atoms with Crippen LogP contribution in [0.4, 0.5) is 0 Å². The van der Waals surface area contributed by atoms with Crippen LogP contribution in [0.3, 0.4) is 0 Å². The maximum absolute atomic E-state index is 11.7. The lowest BCUT2D eigenvalue weighted by atomic mass is 9.70. The third-order valence-corrected chi connectivity index (χ3v) is 4.27. The van der Waals surface area contributed by atoms with Crippen LogP contribution in [0.15, 0.2) is 18.2 Å². The summed E-state index contributed by atoms with van der Waals surface area (Å²) < 4.78 is 5.25. The molecular weight excluding hydrogens is 240 g/mol. The zero-order chi connectivity index (χ0) is 13.9. The Bertz CT molecular complexity index is 459. The van der Waals surface area contributed by atoms with E-state index < -0.39 is 11.4 Å². The number of carboxylic acid groups (broad SMARTS) is 1. The van der Waals surface area contributed by atoms with Gasteiger partial charge in [-0.05, 0) is 43.4 Å². The molecule has 19 heavy (non-hydrogen) atoms. The Kier molecular flexibility index (Phi) is 4.13. The fraction of sp³-hybridized carbons (Fsp3) is 0.562. The topological polar surface area (TPSA) is 46.5 Å². The number of carbonyl (C=O) groups is 1. The summed E-state index contributed by atoms with van der Waals surface area (Å²) in [4.78, 5) is 11.7. The molecule has 1 saturated carbocycles. The lowest BCUT2D eigenvalue weighted by molar-refractivity contribution is -0.151. The Labute approximate surface area is 114 Å². The molecule has 0 heterocycles. The zero-order valence-corrected chi connectivity index (χ0v) is 11.7. The van der Waals surface area contributed by atoms with E-state index in [9.17, 15) is 9.90 Å². The molecule has 0 radical (unpaired) electrons. The second-order valence-electron chi connectivity index (χ2n) is 5.63. The zero-order valence-electron chi connectivity index (χ0n) is 11.7. The van der Waals surface area contributed by atoms with E-state index in [0.29, 0.717) is 6.42 Å². The summed E-state index contributed by atoms with van der Waals surface area (Å²) in [5, 5.41) is 9.60. The number of hydrogen-bond acceptors (Lipinski definition) is 2. The van der Waals surface area contributed by atoms with E-state index in [1.165, 1.54) is 0 Å². The number of methoxy groups -OCH3 is 1. The van der Waals surface area contributed by atoms with Crippen molar-refractivity contribution in [1.29, 1.82) is 0 Å². The van der Waals surface area contributed by atoms with Crippen LogP contribution in [0, 0.1) is 12.3 Å². The van der Waals surface area contributed by atoms with Crippen molar-refractivity contribution in [1.82, 2.24) is 0 Å². The Balaban J connectivity index is 2.22. The van der Waals surface area contributed by atoms with Crippen LogP contribution in [0.25, 0.3) is 0 Å². The van der Waals surface area contributed by atoms with Gasteiger partial charge >= 0.3 is 5.97 Å². The molecule has 0 amide bonds. The molecule has 0 bridgehead atoms. The van der Waals surface area contributed by atoms with Gasteiger partial charge in [0.05, 0.1) is 12.5 Å². The molecule has 1 N–H and O–H groups in total. The van der Waals surface area contributed by atoms with Gasteiger partial charge in [0.25, 0.3) is 0 Å². The van der Waals surface area contributed by atoms with Crippen LogP contribution in [0.5, 0.6) is 5.75 Å². The van der Waals surface area contributed by atoms with Gasteiger partial charge in [-0.15, -0.1) is 0 Å². The van der Waals surface area contributed by atoms with E-state index in [2.05, 4.69) is 6.07 Å². The van der Waals surface area contributed by atoms with Crippen LogP contribution < -0.4 is 4.74 Å². The number of ether oxygens (including phenoxy) is 1. The van der Waals surface area contributed by atoms with Crippen LogP contribution >= 0.6 is 0 Å². The summed E-state index contributed by atoms with van der Waals surface area (Å²) in [5.41, 5.74) is 1.61. The largest absolute Gasteiger partial charge is 0.496 e. The summed E-state index contributed by atoms with van der Waals surface area (Å²) >= 11 is 0. The molecule has 1 aromatic rings. The van der Waals surface area contributed by atoms with Crippen LogP contribution in [0.1, 0.15) is 43.2 Å². The molecular formula is C16H22O3. The molecule has 104 valence electrons. The summed E-state index contributed by atoms with van der Waals surface area (Å²) in [7, 11) is 1.65. The first-order valence-corrected chi connectivity index (χ1v) is 6.94. The average Bonchev–Trinajstić information content (AvgIpc) is 2.40. The monoisotopic (exact) mass is 262 g/mol. The third-order valence-electron chi connectivity index (χ3n) is 4.27. The van der Waals surface area contributed by atoms with E-state index in [4.69, 9.17) is 4.74 Å². The predicted molar refractivity (Wildman–Crippen MR) is 74.6 cm³/mol. The highest BCUT2D eigenvalue weighted by Gasteiger charge is 2.39. The van der Waals surface area contributed by atoms with Gasteiger partial charge < -0.3 is 9.84 Å². The summed E-state index contributed by atoms with van der Waals surface area (Å²) in [5.74, 6) is 0.220. The molecule has 1 fully saturated rings. The molecule has 0 aromatic heterocycles.